The molecule has 1 aromatic rings. The maximum atomic E-state index is 11.3. The van der Waals surface area contributed by atoms with Crippen molar-refractivity contribution in [3.8, 4) is 0 Å². The summed E-state index contributed by atoms with van der Waals surface area (Å²) >= 11 is 11.5. The summed E-state index contributed by atoms with van der Waals surface area (Å²) in [5.74, 6) is -0.907. The molecule has 0 aromatic carbocycles. The first-order valence-corrected chi connectivity index (χ1v) is 4.70. The number of carbonyl (C=O) groups is 1. The van der Waals surface area contributed by atoms with Gasteiger partial charge in [-0.3, -0.25) is 14.9 Å². The van der Waals surface area contributed by atoms with Crippen LogP contribution in [0.5, 0.6) is 0 Å². The monoisotopic (exact) mass is 239 g/mol. The van der Waals surface area contributed by atoms with Crippen molar-refractivity contribution in [2.45, 2.75) is 4.46 Å². The first-order chi connectivity index (χ1) is 5.96. The lowest BCUT2D eigenvalue weighted by Crippen LogP contribution is -2.34. The summed E-state index contributed by atoms with van der Waals surface area (Å²) in [6.07, 6.45) is 0. The maximum Gasteiger partial charge on any atom is 0.434 e. The predicted octanol–water partition coefficient (Wildman–Crippen LogP) is 2.34. The molecule has 1 heterocycles. The van der Waals surface area contributed by atoms with Gasteiger partial charge in [0.2, 0.25) is 0 Å². The molecule has 0 aliphatic rings. The molecule has 1 rings (SSSR count). The van der Waals surface area contributed by atoms with Gasteiger partial charge in [-0.1, -0.05) is 6.07 Å². The van der Waals surface area contributed by atoms with Crippen LogP contribution in [-0.2, 0) is 0 Å². The van der Waals surface area contributed by atoms with Crippen LogP contribution in [0.2, 0.25) is 0 Å². The molecule has 0 atom stereocenters. The van der Waals surface area contributed by atoms with Gasteiger partial charge in [0.1, 0.15) is 0 Å². The molecule has 0 unspecified atom stereocenters. The van der Waals surface area contributed by atoms with E-state index in [1.807, 2.05) is 0 Å². The molecule has 7 heteroatoms. The zero-order valence-corrected chi connectivity index (χ0v) is 8.40. The van der Waals surface area contributed by atoms with Gasteiger partial charge in [0.25, 0.3) is 5.78 Å². The minimum absolute atomic E-state index is 0.168. The van der Waals surface area contributed by atoms with Gasteiger partial charge in [-0.15, -0.1) is 11.3 Å². The molecule has 0 aliphatic heterocycles. The van der Waals surface area contributed by atoms with Crippen LogP contribution in [0.3, 0.4) is 0 Å². The van der Waals surface area contributed by atoms with E-state index in [0.29, 0.717) is 0 Å². The van der Waals surface area contributed by atoms with Crippen molar-refractivity contribution in [1.82, 2.24) is 0 Å². The quantitative estimate of drug-likeness (QED) is 0.268. The summed E-state index contributed by atoms with van der Waals surface area (Å²) in [4.78, 5) is 20.7. The molecule has 0 aliphatic carbocycles. The van der Waals surface area contributed by atoms with Gasteiger partial charge in [0.05, 0.1) is 9.80 Å². The molecule has 0 fully saturated rings. The van der Waals surface area contributed by atoms with Gasteiger partial charge in [0, 0.05) is 0 Å². The number of hydrogen-bond acceptors (Lipinski definition) is 4. The van der Waals surface area contributed by atoms with E-state index in [2.05, 4.69) is 0 Å². The number of hydrogen-bond donors (Lipinski definition) is 0. The smallest absolute Gasteiger partial charge is 0.282 e. The molecule has 70 valence electrons. The van der Waals surface area contributed by atoms with Gasteiger partial charge in [-0.25, -0.2) is 0 Å². The van der Waals surface area contributed by atoms with Crippen LogP contribution in [-0.4, -0.2) is 15.2 Å². The summed E-state index contributed by atoms with van der Waals surface area (Å²) in [5.41, 5.74) is 0. The van der Waals surface area contributed by atoms with Crippen molar-refractivity contribution in [2.75, 3.05) is 0 Å². The first-order valence-electron chi connectivity index (χ1n) is 3.07. The molecule has 0 amide bonds. The average Bonchev–Trinajstić information content (AvgIpc) is 2.54. The highest BCUT2D eigenvalue weighted by Gasteiger charge is 2.48. The zero-order chi connectivity index (χ0) is 10.1. The van der Waals surface area contributed by atoms with Crippen LogP contribution in [0.15, 0.2) is 17.5 Å². The van der Waals surface area contributed by atoms with Crippen LogP contribution >= 0.6 is 34.5 Å². The van der Waals surface area contributed by atoms with Crippen LogP contribution in [0, 0.1) is 10.1 Å². The van der Waals surface area contributed by atoms with Gasteiger partial charge in [0.15, 0.2) is 0 Å². The van der Waals surface area contributed by atoms with E-state index >= 15 is 0 Å². The molecule has 0 spiro atoms. The second-order valence-electron chi connectivity index (χ2n) is 2.10. The summed E-state index contributed by atoms with van der Waals surface area (Å²) < 4.78 is -2.58. The van der Waals surface area contributed by atoms with Crippen LogP contribution in [0.4, 0.5) is 0 Å². The molecule has 0 N–H and O–H groups in total. The lowest BCUT2D eigenvalue weighted by Gasteiger charge is -2.06. The number of Topliss-reactive ketones (excluding diaryl/α,β-unsaturated/α-hetero) is 1. The third kappa shape index (κ3) is 1.99. The lowest BCUT2D eigenvalue weighted by atomic mass is 10.3. The Balaban J connectivity index is 2.98. The highest BCUT2D eigenvalue weighted by atomic mass is 35.5. The second-order valence-corrected chi connectivity index (χ2v) is 4.34. The van der Waals surface area contributed by atoms with E-state index in [1.165, 1.54) is 6.07 Å². The second kappa shape index (κ2) is 3.61. The molecule has 0 saturated carbocycles. The van der Waals surface area contributed by atoms with Crippen molar-refractivity contribution in [3.05, 3.63) is 32.5 Å². The van der Waals surface area contributed by atoms with Crippen LogP contribution in [0.25, 0.3) is 0 Å². The van der Waals surface area contributed by atoms with Gasteiger partial charge in [-0.2, -0.15) is 0 Å². The fourth-order valence-corrected chi connectivity index (χ4v) is 1.67. The third-order valence-corrected chi connectivity index (χ3v) is 2.74. The number of thiophene rings is 1. The number of ketones is 1. The van der Waals surface area contributed by atoms with Crippen molar-refractivity contribution in [1.29, 1.82) is 0 Å². The SMILES string of the molecule is O=C(c1cccs1)C(Cl)(Cl)[N+](=O)[O-]. The number of halogens is 2. The predicted molar refractivity (Wildman–Crippen MR) is 50.1 cm³/mol. The zero-order valence-electron chi connectivity index (χ0n) is 6.07. The molecule has 0 saturated heterocycles. The summed E-state index contributed by atoms with van der Waals surface area (Å²) in [5, 5.41) is 11.9. The van der Waals surface area contributed by atoms with Crippen LogP contribution in [0.1, 0.15) is 9.67 Å². The summed E-state index contributed by atoms with van der Waals surface area (Å²) in [6, 6.07) is 3.01. The Morgan fingerprint density at radius 3 is 2.62 bits per heavy atom. The van der Waals surface area contributed by atoms with Crippen molar-refractivity contribution >= 4 is 40.3 Å². The Hall–Kier alpha value is -0.650. The number of nitro groups is 1. The molecule has 13 heavy (non-hydrogen) atoms. The summed E-state index contributed by atoms with van der Waals surface area (Å²) in [7, 11) is 0. The van der Waals surface area contributed by atoms with Gasteiger partial charge >= 0.3 is 4.46 Å². The van der Waals surface area contributed by atoms with E-state index in [1.54, 1.807) is 11.4 Å². The van der Waals surface area contributed by atoms with Crippen LogP contribution < -0.4 is 0 Å². The largest absolute Gasteiger partial charge is 0.434 e. The molecule has 0 bridgehead atoms. The minimum Gasteiger partial charge on any atom is -0.282 e. The summed E-state index contributed by atoms with van der Waals surface area (Å²) in [6.45, 7) is 0. The van der Waals surface area contributed by atoms with Crippen molar-refractivity contribution in [2.24, 2.45) is 0 Å². The standard InChI is InChI=1S/C6H3Cl2NO3S/c7-6(8,9(11)12)5(10)4-2-1-3-13-4/h1-3H. The highest BCUT2D eigenvalue weighted by molar-refractivity contribution is 7.12. The molecule has 4 nitrogen and oxygen atoms in total. The van der Waals surface area contributed by atoms with E-state index in [0.717, 1.165) is 11.3 Å². The Morgan fingerprint density at radius 1 is 1.62 bits per heavy atom. The van der Waals surface area contributed by atoms with Crippen molar-refractivity contribution < 1.29 is 9.72 Å². The highest BCUT2D eigenvalue weighted by Crippen LogP contribution is 2.28. The fourth-order valence-electron chi connectivity index (χ4n) is 0.639. The van der Waals surface area contributed by atoms with E-state index in [4.69, 9.17) is 23.2 Å². The average molecular weight is 240 g/mol. The number of carbonyl (C=O) groups excluding carboxylic acids is 1. The van der Waals surface area contributed by atoms with E-state index in [9.17, 15) is 14.9 Å². The maximum absolute atomic E-state index is 11.3. The number of nitrogens with zero attached hydrogens (tertiary/aromatic N) is 1. The molecular formula is C6H3Cl2NO3S. The Morgan fingerprint density at radius 2 is 2.23 bits per heavy atom. The van der Waals surface area contributed by atoms with Gasteiger partial charge < -0.3 is 0 Å². The fraction of sp³-hybridized carbons (Fsp3) is 0.167. The van der Waals surface area contributed by atoms with E-state index in [-0.39, 0.29) is 4.88 Å². The minimum atomic E-state index is -2.58. The lowest BCUT2D eigenvalue weighted by molar-refractivity contribution is -0.498. The van der Waals surface area contributed by atoms with Crippen molar-refractivity contribution in [3.63, 3.8) is 0 Å². The normalized spacial score (nSPS) is 11.2. The first kappa shape index (κ1) is 10.4. The van der Waals surface area contributed by atoms with E-state index < -0.39 is 15.2 Å². The number of alkyl halides is 2. The number of rotatable bonds is 3. The topological polar surface area (TPSA) is 60.2 Å². The third-order valence-electron chi connectivity index (χ3n) is 1.25. The molecule has 0 radical (unpaired) electrons. The Bertz CT molecular complexity index is 336. The molecule has 1 aromatic heterocycles. The molecular weight excluding hydrogens is 237 g/mol. The van der Waals surface area contributed by atoms with Gasteiger partial charge in [-0.05, 0) is 34.6 Å². The Labute approximate surface area is 87.2 Å². The Kier molecular flexibility index (Phi) is 2.90.